The molecule has 0 spiro atoms. The monoisotopic (exact) mass is 268 g/mol. The molecule has 1 fully saturated rings. The van der Waals surface area contributed by atoms with Gasteiger partial charge in [-0.05, 0) is 51.7 Å². The van der Waals surface area contributed by atoms with E-state index < -0.39 is 0 Å². The van der Waals surface area contributed by atoms with Crippen molar-refractivity contribution in [2.45, 2.75) is 78.2 Å². The quantitative estimate of drug-likeness (QED) is 0.569. The van der Waals surface area contributed by atoms with E-state index in [1.54, 1.807) is 0 Å². The predicted octanol–water partition coefficient (Wildman–Crippen LogP) is 4.06. The number of unbranched alkanes of at least 4 members (excludes halogenated alkanes) is 4. The lowest BCUT2D eigenvalue weighted by Crippen LogP contribution is -2.35. The standard InChI is InChI=1S/C17H36N2/c1-4-5-6-7-8-11-17(3)18-14-16(2)15-19-12-9-10-13-19/h16-18H,4-15H2,1-3H3. The van der Waals surface area contributed by atoms with E-state index in [0.717, 1.165) is 5.92 Å². The Balaban J connectivity index is 1.94. The molecule has 1 rings (SSSR count). The van der Waals surface area contributed by atoms with Gasteiger partial charge >= 0.3 is 0 Å². The molecule has 2 nitrogen and oxygen atoms in total. The Morgan fingerprint density at radius 2 is 1.68 bits per heavy atom. The Morgan fingerprint density at radius 1 is 1.00 bits per heavy atom. The maximum absolute atomic E-state index is 3.72. The van der Waals surface area contributed by atoms with Gasteiger partial charge in [0.25, 0.3) is 0 Å². The van der Waals surface area contributed by atoms with Crippen LogP contribution in [0.4, 0.5) is 0 Å². The van der Waals surface area contributed by atoms with Crippen LogP contribution in [0.3, 0.4) is 0 Å². The van der Waals surface area contributed by atoms with Crippen LogP contribution in [0.5, 0.6) is 0 Å². The molecule has 0 bridgehead atoms. The molecular weight excluding hydrogens is 232 g/mol. The molecule has 1 N–H and O–H groups in total. The molecular formula is C17H36N2. The molecule has 1 aliphatic heterocycles. The zero-order chi connectivity index (χ0) is 13.9. The highest BCUT2D eigenvalue weighted by atomic mass is 15.1. The minimum Gasteiger partial charge on any atom is -0.314 e. The van der Waals surface area contributed by atoms with Crippen molar-refractivity contribution < 1.29 is 0 Å². The van der Waals surface area contributed by atoms with Crippen LogP contribution in [0.15, 0.2) is 0 Å². The third kappa shape index (κ3) is 8.65. The Morgan fingerprint density at radius 3 is 2.37 bits per heavy atom. The first kappa shape index (κ1) is 17.0. The molecule has 114 valence electrons. The van der Waals surface area contributed by atoms with Crippen LogP contribution >= 0.6 is 0 Å². The Bertz CT molecular complexity index is 199. The minimum atomic E-state index is 0.697. The summed E-state index contributed by atoms with van der Waals surface area (Å²) < 4.78 is 0. The van der Waals surface area contributed by atoms with Gasteiger partial charge in [0, 0.05) is 12.6 Å². The zero-order valence-electron chi connectivity index (χ0n) is 13.6. The molecule has 0 aromatic rings. The van der Waals surface area contributed by atoms with Crippen molar-refractivity contribution in [3.63, 3.8) is 0 Å². The number of hydrogen-bond acceptors (Lipinski definition) is 2. The molecule has 2 unspecified atom stereocenters. The third-order valence-electron chi connectivity index (χ3n) is 4.32. The SMILES string of the molecule is CCCCCCCC(C)NCC(C)CN1CCCC1. The van der Waals surface area contributed by atoms with Crippen molar-refractivity contribution in [1.82, 2.24) is 10.2 Å². The summed E-state index contributed by atoms with van der Waals surface area (Å²) in [5.41, 5.74) is 0. The van der Waals surface area contributed by atoms with Gasteiger partial charge in [0.05, 0.1) is 0 Å². The fraction of sp³-hybridized carbons (Fsp3) is 1.00. The van der Waals surface area contributed by atoms with Gasteiger partial charge in [-0.2, -0.15) is 0 Å². The van der Waals surface area contributed by atoms with Gasteiger partial charge in [-0.15, -0.1) is 0 Å². The van der Waals surface area contributed by atoms with Crippen LogP contribution in [-0.4, -0.2) is 37.1 Å². The maximum atomic E-state index is 3.72. The lowest BCUT2D eigenvalue weighted by Gasteiger charge is -2.22. The van der Waals surface area contributed by atoms with Crippen LogP contribution in [0.25, 0.3) is 0 Å². The van der Waals surface area contributed by atoms with Gasteiger partial charge in [-0.1, -0.05) is 46.0 Å². The number of rotatable bonds is 11. The first-order valence-electron chi connectivity index (χ1n) is 8.68. The second-order valence-electron chi connectivity index (χ2n) is 6.63. The molecule has 0 aliphatic carbocycles. The Kier molecular flexibility index (Phi) is 9.54. The van der Waals surface area contributed by atoms with Crippen LogP contribution < -0.4 is 5.32 Å². The molecule has 0 aromatic carbocycles. The molecule has 0 aromatic heterocycles. The van der Waals surface area contributed by atoms with E-state index in [2.05, 4.69) is 31.0 Å². The molecule has 1 saturated heterocycles. The van der Waals surface area contributed by atoms with Gasteiger partial charge in [-0.25, -0.2) is 0 Å². The zero-order valence-corrected chi connectivity index (χ0v) is 13.6. The second kappa shape index (κ2) is 10.7. The van der Waals surface area contributed by atoms with Crippen molar-refractivity contribution >= 4 is 0 Å². The molecule has 1 heterocycles. The van der Waals surface area contributed by atoms with Crippen molar-refractivity contribution in [2.24, 2.45) is 5.92 Å². The lowest BCUT2D eigenvalue weighted by atomic mass is 10.1. The summed E-state index contributed by atoms with van der Waals surface area (Å²) in [6, 6.07) is 0.697. The first-order chi connectivity index (χ1) is 9.22. The highest BCUT2D eigenvalue weighted by Gasteiger charge is 2.14. The van der Waals surface area contributed by atoms with Crippen molar-refractivity contribution in [2.75, 3.05) is 26.2 Å². The van der Waals surface area contributed by atoms with Crippen LogP contribution in [0.1, 0.15) is 72.1 Å². The van der Waals surface area contributed by atoms with Gasteiger partial charge in [0.1, 0.15) is 0 Å². The van der Waals surface area contributed by atoms with E-state index in [0.29, 0.717) is 6.04 Å². The van der Waals surface area contributed by atoms with E-state index >= 15 is 0 Å². The minimum absolute atomic E-state index is 0.697. The smallest absolute Gasteiger partial charge is 0.00388 e. The Labute approximate surface area is 121 Å². The van der Waals surface area contributed by atoms with E-state index in [1.807, 2.05) is 0 Å². The van der Waals surface area contributed by atoms with Crippen LogP contribution in [0.2, 0.25) is 0 Å². The molecule has 0 radical (unpaired) electrons. The van der Waals surface area contributed by atoms with E-state index in [-0.39, 0.29) is 0 Å². The average molecular weight is 268 g/mol. The second-order valence-corrected chi connectivity index (χ2v) is 6.63. The van der Waals surface area contributed by atoms with Crippen LogP contribution in [0, 0.1) is 5.92 Å². The summed E-state index contributed by atoms with van der Waals surface area (Å²) in [5.74, 6) is 0.792. The number of nitrogens with one attached hydrogen (secondary N) is 1. The normalized spacial score (nSPS) is 19.7. The highest BCUT2D eigenvalue weighted by molar-refractivity contribution is 4.71. The molecule has 2 heteroatoms. The van der Waals surface area contributed by atoms with E-state index in [4.69, 9.17) is 0 Å². The highest BCUT2D eigenvalue weighted by Crippen LogP contribution is 2.10. The third-order valence-corrected chi connectivity index (χ3v) is 4.32. The molecule has 0 amide bonds. The Hall–Kier alpha value is -0.0800. The van der Waals surface area contributed by atoms with Crippen LogP contribution in [-0.2, 0) is 0 Å². The van der Waals surface area contributed by atoms with Gasteiger partial charge in [-0.3, -0.25) is 0 Å². The number of nitrogens with zero attached hydrogens (tertiary/aromatic N) is 1. The number of likely N-dealkylation sites (tertiary alicyclic amines) is 1. The van der Waals surface area contributed by atoms with Gasteiger partial charge in [0.2, 0.25) is 0 Å². The molecule has 19 heavy (non-hydrogen) atoms. The predicted molar refractivity (Wildman–Crippen MR) is 85.7 cm³/mol. The van der Waals surface area contributed by atoms with Crippen molar-refractivity contribution in [3.05, 3.63) is 0 Å². The van der Waals surface area contributed by atoms with Crippen molar-refractivity contribution in [1.29, 1.82) is 0 Å². The molecule has 1 aliphatic rings. The fourth-order valence-electron chi connectivity index (χ4n) is 3.03. The number of hydrogen-bond donors (Lipinski definition) is 1. The molecule has 0 saturated carbocycles. The van der Waals surface area contributed by atoms with E-state index in [1.165, 1.54) is 77.5 Å². The summed E-state index contributed by atoms with van der Waals surface area (Å²) in [4.78, 5) is 2.63. The summed E-state index contributed by atoms with van der Waals surface area (Å²) in [7, 11) is 0. The van der Waals surface area contributed by atoms with E-state index in [9.17, 15) is 0 Å². The first-order valence-corrected chi connectivity index (χ1v) is 8.68. The maximum Gasteiger partial charge on any atom is 0.00388 e. The average Bonchev–Trinajstić information content (AvgIpc) is 2.89. The van der Waals surface area contributed by atoms with Gasteiger partial charge < -0.3 is 10.2 Å². The molecule has 2 atom stereocenters. The largest absolute Gasteiger partial charge is 0.314 e. The summed E-state index contributed by atoms with van der Waals surface area (Å²) in [6.45, 7) is 12.2. The van der Waals surface area contributed by atoms with Gasteiger partial charge in [0.15, 0.2) is 0 Å². The topological polar surface area (TPSA) is 15.3 Å². The fourth-order valence-corrected chi connectivity index (χ4v) is 3.03. The summed E-state index contributed by atoms with van der Waals surface area (Å²) >= 11 is 0. The summed E-state index contributed by atoms with van der Waals surface area (Å²) in [6.07, 6.45) is 11.2. The van der Waals surface area contributed by atoms with Crippen molar-refractivity contribution in [3.8, 4) is 0 Å². The lowest BCUT2D eigenvalue weighted by molar-refractivity contribution is 0.277. The summed E-state index contributed by atoms with van der Waals surface area (Å²) in [5, 5.41) is 3.72.